The number of nitrogens with zero attached hydrogens (tertiary/aromatic N) is 2. The van der Waals surface area contributed by atoms with Crippen LogP contribution in [0, 0.1) is 0 Å². The molecule has 1 aromatic heterocycles. The first-order valence-electron chi connectivity index (χ1n) is 5.07. The van der Waals surface area contributed by atoms with Crippen LogP contribution in [-0.4, -0.2) is 22.9 Å². The van der Waals surface area contributed by atoms with E-state index in [4.69, 9.17) is 22.1 Å². The molecule has 0 radical (unpaired) electrons. The Labute approximate surface area is 98.9 Å². The van der Waals surface area contributed by atoms with Gasteiger partial charge in [-0.3, -0.25) is 4.68 Å². The molecule has 0 aliphatic heterocycles. The second-order valence-electron chi connectivity index (χ2n) is 3.83. The first-order valence-corrected chi connectivity index (χ1v) is 5.45. The highest BCUT2D eigenvalue weighted by atomic mass is 35.5. The van der Waals surface area contributed by atoms with Crippen LogP contribution >= 0.6 is 11.6 Å². The van der Waals surface area contributed by atoms with Crippen LogP contribution in [0.5, 0.6) is 5.75 Å². The third kappa shape index (κ3) is 1.99. The lowest BCUT2D eigenvalue weighted by molar-refractivity contribution is 0.415. The Morgan fingerprint density at radius 3 is 2.94 bits per heavy atom. The van der Waals surface area contributed by atoms with E-state index in [0.717, 1.165) is 16.7 Å². The number of benzene rings is 1. The summed E-state index contributed by atoms with van der Waals surface area (Å²) in [5.41, 5.74) is 6.71. The summed E-state index contributed by atoms with van der Waals surface area (Å²) in [6.45, 7) is 2.57. The number of rotatable bonds is 3. The van der Waals surface area contributed by atoms with Gasteiger partial charge in [-0.25, -0.2) is 0 Å². The molecule has 0 aliphatic carbocycles. The first-order chi connectivity index (χ1) is 7.61. The van der Waals surface area contributed by atoms with Gasteiger partial charge in [0.15, 0.2) is 5.15 Å². The van der Waals surface area contributed by atoms with Gasteiger partial charge in [0, 0.05) is 17.5 Å². The van der Waals surface area contributed by atoms with Gasteiger partial charge in [-0.1, -0.05) is 11.6 Å². The van der Waals surface area contributed by atoms with Crippen LogP contribution in [0.25, 0.3) is 10.9 Å². The first kappa shape index (κ1) is 11.2. The lowest BCUT2D eigenvalue weighted by Crippen LogP contribution is -2.22. The molecule has 0 amide bonds. The van der Waals surface area contributed by atoms with Crippen LogP contribution in [0.15, 0.2) is 18.2 Å². The maximum absolute atomic E-state index is 6.04. The molecule has 5 heteroatoms. The number of methoxy groups -OCH3 is 1. The quantitative estimate of drug-likeness (QED) is 0.892. The Hall–Kier alpha value is -1.26. The topological polar surface area (TPSA) is 53.1 Å². The Balaban J connectivity index is 2.56. The highest BCUT2D eigenvalue weighted by Crippen LogP contribution is 2.26. The summed E-state index contributed by atoms with van der Waals surface area (Å²) in [5.74, 6) is 0.787. The van der Waals surface area contributed by atoms with Gasteiger partial charge in [-0.05, 0) is 19.1 Å². The highest BCUT2D eigenvalue weighted by Gasteiger charge is 2.10. The number of fused-ring (bicyclic) bond motifs is 1. The van der Waals surface area contributed by atoms with Crippen LogP contribution in [0.4, 0.5) is 0 Å². The van der Waals surface area contributed by atoms with Crippen molar-refractivity contribution in [2.24, 2.45) is 5.73 Å². The van der Waals surface area contributed by atoms with Crippen LogP contribution in [0.3, 0.4) is 0 Å². The zero-order valence-electron chi connectivity index (χ0n) is 9.27. The van der Waals surface area contributed by atoms with Crippen molar-refractivity contribution in [3.63, 3.8) is 0 Å². The normalized spacial score (nSPS) is 13.0. The molecule has 1 aromatic carbocycles. The van der Waals surface area contributed by atoms with Crippen LogP contribution in [-0.2, 0) is 6.54 Å². The van der Waals surface area contributed by atoms with Crippen molar-refractivity contribution >= 4 is 22.5 Å². The molecule has 0 saturated carbocycles. The summed E-state index contributed by atoms with van der Waals surface area (Å²) in [6.07, 6.45) is 0. The zero-order chi connectivity index (χ0) is 11.7. The summed E-state index contributed by atoms with van der Waals surface area (Å²) < 4.78 is 6.99. The average molecular weight is 240 g/mol. The predicted octanol–water partition coefficient (Wildman–Crippen LogP) is 2.05. The summed E-state index contributed by atoms with van der Waals surface area (Å²) in [7, 11) is 1.63. The molecule has 0 bridgehead atoms. The van der Waals surface area contributed by atoms with Crippen molar-refractivity contribution in [1.29, 1.82) is 0 Å². The van der Waals surface area contributed by atoms with E-state index in [2.05, 4.69) is 5.10 Å². The van der Waals surface area contributed by atoms with E-state index >= 15 is 0 Å². The molecular weight excluding hydrogens is 226 g/mol. The minimum absolute atomic E-state index is 0.0327. The molecule has 1 unspecified atom stereocenters. The van der Waals surface area contributed by atoms with Gasteiger partial charge < -0.3 is 10.5 Å². The molecule has 2 N–H and O–H groups in total. The third-order valence-electron chi connectivity index (χ3n) is 2.37. The van der Waals surface area contributed by atoms with E-state index in [9.17, 15) is 0 Å². The third-order valence-corrected chi connectivity index (χ3v) is 2.65. The fraction of sp³-hybridized carbons (Fsp3) is 0.364. The average Bonchev–Trinajstić information content (AvgIpc) is 2.54. The molecule has 4 nitrogen and oxygen atoms in total. The molecule has 2 rings (SSSR count). The molecule has 86 valence electrons. The SMILES string of the molecule is COc1ccc2c(Cl)nn(CC(C)N)c2c1. The van der Waals surface area contributed by atoms with Crippen LogP contribution in [0.1, 0.15) is 6.92 Å². The molecule has 1 atom stereocenters. The smallest absolute Gasteiger partial charge is 0.158 e. The maximum atomic E-state index is 6.04. The molecule has 0 spiro atoms. The molecule has 1 heterocycles. The van der Waals surface area contributed by atoms with Gasteiger partial charge >= 0.3 is 0 Å². The van der Waals surface area contributed by atoms with E-state index in [-0.39, 0.29) is 6.04 Å². The Morgan fingerprint density at radius 1 is 1.56 bits per heavy atom. The van der Waals surface area contributed by atoms with Gasteiger partial charge in [0.25, 0.3) is 0 Å². The fourth-order valence-electron chi connectivity index (χ4n) is 1.65. The molecular formula is C11H14ClN3O. The minimum Gasteiger partial charge on any atom is -0.497 e. The second-order valence-corrected chi connectivity index (χ2v) is 4.19. The zero-order valence-corrected chi connectivity index (χ0v) is 10.0. The van der Waals surface area contributed by atoms with Crippen LogP contribution in [0.2, 0.25) is 5.15 Å². The fourth-order valence-corrected chi connectivity index (χ4v) is 1.90. The number of halogens is 1. The van der Waals surface area contributed by atoms with Crippen LogP contribution < -0.4 is 10.5 Å². The lowest BCUT2D eigenvalue weighted by Gasteiger charge is -2.07. The molecule has 0 saturated heterocycles. The largest absolute Gasteiger partial charge is 0.497 e. The lowest BCUT2D eigenvalue weighted by atomic mass is 10.2. The van der Waals surface area contributed by atoms with Gasteiger partial charge in [0.1, 0.15) is 5.75 Å². The van der Waals surface area contributed by atoms with Crippen molar-refractivity contribution in [1.82, 2.24) is 9.78 Å². The van der Waals surface area contributed by atoms with Crippen molar-refractivity contribution in [3.05, 3.63) is 23.4 Å². The van der Waals surface area contributed by atoms with Crippen molar-refractivity contribution in [2.45, 2.75) is 19.5 Å². The van der Waals surface area contributed by atoms with E-state index in [1.165, 1.54) is 0 Å². The standard InChI is InChI=1S/C11H14ClN3O/c1-7(13)6-15-10-5-8(16-2)3-4-9(10)11(12)14-15/h3-5,7H,6,13H2,1-2H3. The molecule has 0 aliphatic rings. The van der Waals surface area contributed by atoms with Gasteiger partial charge in [0.2, 0.25) is 0 Å². The highest BCUT2D eigenvalue weighted by molar-refractivity contribution is 6.34. The Bertz CT molecular complexity index is 507. The Morgan fingerprint density at radius 2 is 2.31 bits per heavy atom. The Kier molecular flexibility index (Phi) is 3.03. The monoisotopic (exact) mass is 239 g/mol. The summed E-state index contributed by atoms with van der Waals surface area (Å²) in [6, 6.07) is 5.72. The predicted molar refractivity (Wildman–Crippen MR) is 64.9 cm³/mol. The molecule has 2 aromatic rings. The summed E-state index contributed by atoms with van der Waals surface area (Å²) >= 11 is 6.04. The van der Waals surface area contributed by atoms with Gasteiger partial charge in [-0.15, -0.1) is 0 Å². The van der Waals surface area contributed by atoms with E-state index < -0.39 is 0 Å². The minimum atomic E-state index is 0.0327. The number of ether oxygens (including phenoxy) is 1. The molecule has 16 heavy (non-hydrogen) atoms. The van der Waals surface area contributed by atoms with Crippen molar-refractivity contribution in [2.75, 3.05) is 7.11 Å². The number of hydrogen-bond acceptors (Lipinski definition) is 3. The van der Waals surface area contributed by atoms with Crippen molar-refractivity contribution in [3.8, 4) is 5.75 Å². The molecule has 0 fully saturated rings. The van der Waals surface area contributed by atoms with E-state index in [1.54, 1.807) is 7.11 Å². The van der Waals surface area contributed by atoms with E-state index in [0.29, 0.717) is 11.7 Å². The number of hydrogen-bond donors (Lipinski definition) is 1. The van der Waals surface area contributed by atoms with Crippen molar-refractivity contribution < 1.29 is 4.74 Å². The maximum Gasteiger partial charge on any atom is 0.158 e. The second kappa shape index (κ2) is 4.31. The van der Waals surface area contributed by atoms with Gasteiger partial charge in [0.05, 0.1) is 19.2 Å². The number of aromatic nitrogens is 2. The summed E-state index contributed by atoms with van der Waals surface area (Å²) in [4.78, 5) is 0. The van der Waals surface area contributed by atoms with Gasteiger partial charge in [-0.2, -0.15) is 5.10 Å². The van der Waals surface area contributed by atoms with E-state index in [1.807, 2.05) is 29.8 Å². The summed E-state index contributed by atoms with van der Waals surface area (Å²) in [5, 5.41) is 5.67. The number of nitrogens with two attached hydrogens (primary N) is 1.